The number of imide groups is 1. The molecule has 0 unspecified atom stereocenters. The standard InChI is InChI=1S/C35H46N6O10/c1-23(2)19-27(36-17-4-18-40-31(42)14-15-32(40)43)21-37-24(3)20-38-30(13-16-33(44)45)34(46)39-26-7-5-25(6-8-26)22-50-35(47)51-29-11-9-28(10-12-29)41(48)49/h5-12,14-15,23-24,27,30,36-38H,4,13,16-22H2,1-3H3,(H,39,46)(H,44,45)/t24-,27+,30-/m0/s1. The van der Waals surface area contributed by atoms with Crippen LogP contribution in [0.2, 0.25) is 0 Å². The van der Waals surface area contributed by atoms with E-state index >= 15 is 0 Å². The Morgan fingerprint density at radius 3 is 2.20 bits per heavy atom. The molecule has 3 amide bonds. The van der Waals surface area contributed by atoms with Crippen molar-refractivity contribution < 1.29 is 43.5 Å². The van der Waals surface area contributed by atoms with Gasteiger partial charge in [-0.3, -0.25) is 34.2 Å². The molecule has 0 bridgehead atoms. The molecule has 0 radical (unpaired) electrons. The van der Waals surface area contributed by atoms with Gasteiger partial charge < -0.3 is 35.8 Å². The predicted molar refractivity (Wildman–Crippen MR) is 187 cm³/mol. The predicted octanol–water partition coefficient (Wildman–Crippen LogP) is 3.37. The lowest BCUT2D eigenvalue weighted by atomic mass is 10.0. The molecule has 16 nitrogen and oxygen atoms in total. The van der Waals surface area contributed by atoms with Gasteiger partial charge in [0.1, 0.15) is 12.4 Å². The normalized spacial score (nSPS) is 14.3. The van der Waals surface area contributed by atoms with E-state index in [2.05, 4.69) is 35.1 Å². The van der Waals surface area contributed by atoms with Gasteiger partial charge in [-0.1, -0.05) is 26.0 Å². The van der Waals surface area contributed by atoms with Crippen LogP contribution in [0.5, 0.6) is 5.75 Å². The number of carbonyl (C=O) groups is 5. The smallest absolute Gasteiger partial charge is 0.481 e. The maximum Gasteiger partial charge on any atom is 0.514 e. The first-order valence-electron chi connectivity index (χ1n) is 16.7. The van der Waals surface area contributed by atoms with Crippen molar-refractivity contribution in [2.45, 2.75) is 71.2 Å². The van der Waals surface area contributed by atoms with Gasteiger partial charge in [0.25, 0.3) is 17.5 Å². The molecular formula is C35H46N6O10. The number of nitro benzene ring substituents is 1. The first-order chi connectivity index (χ1) is 24.3. The number of nitro groups is 1. The Morgan fingerprint density at radius 1 is 0.922 bits per heavy atom. The van der Waals surface area contributed by atoms with E-state index in [0.29, 0.717) is 49.8 Å². The summed E-state index contributed by atoms with van der Waals surface area (Å²) in [5, 5.41) is 33.0. The van der Waals surface area contributed by atoms with Gasteiger partial charge in [0, 0.05) is 68.1 Å². The number of rotatable bonds is 22. The summed E-state index contributed by atoms with van der Waals surface area (Å²) < 4.78 is 10.1. The number of carbonyl (C=O) groups excluding carboxylic acids is 4. The quantitative estimate of drug-likeness (QED) is 0.0296. The first-order valence-corrected chi connectivity index (χ1v) is 16.7. The zero-order valence-corrected chi connectivity index (χ0v) is 29.0. The van der Waals surface area contributed by atoms with Gasteiger partial charge >= 0.3 is 12.1 Å². The van der Waals surface area contributed by atoms with Crippen LogP contribution < -0.4 is 26.0 Å². The highest BCUT2D eigenvalue weighted by Crippen LogP contribution is 2.18. The van der Waals surface area contributed by atoms with Gasteiger partial charge in [0.2, 0.25) is 5.91 Å². The van der Waals surface area contributed by atoms with Crippen LogP contribution >= 0.6 is 0 Å². The fraction of sp³-hybridized carbons (Fsp3) is 0.457. The summed E-state index contributed by atoms with van der Waals surface area (Å²) in [6.45, 7) is 8.11. The molecule has 3 rings (SSSR count). The average Bonchev–Trinajstić information content (AvgIpc) is 3.40. The number of benzene rings is 2. The molecule has 0 saturated carbocycles. The van der Waals surface area contributed by atoms with Crippen molar-refractivity contribution in [1.82, 2.24) is 20.9 Å². The second-order valence-corrected chi connectivity index (χ2v) is 12.6. The number of nitrogens with one attached hydrogen (secondary N) is 4. The number of hydrogen-bond donors (Lipinski definition) is 5. The number of amides is 3. The summed E-state index contributed by atoms with van der Waals surface area (Å²) in [6.07, 6.45) is 2.96. The largest absolute Gasteiger partial charge is 0.514 e. The van der Waals surface area contributed by atoms with Crippen molar-refractivity contribution in [3.05, 3.63) is 76.4 Å². The topological polar surface area (TPSA) is 219 Å². The van der Waals surface area contributed by atoms with Crippen molar-refractivity contribution >= 4 is 41.2 Å². The number of carboxylic acids is 1. The second kappa shape index (κ2) is 20.5. The van der Waals surface area contributed by atoms with E-state index in [1.165, 1.54) is 41.3 Å². The number of ether oxygens (including phenoxy) is 2. The molecule has 3 atom stereocenters. The average molecular weight is 711 g/mol. The maximum atomic E-state index is 13.2. The minimum Gasteiger partial charge on any atom is -0.481 e. The van der Waals surface area contributed by atoms with Crippen LogP contribution in [0.25, 0.3) is 0 Å². The Morgan fingerprint density at radius 2 is 1.59 bits per heavy atom. The monoisotopic (exact) mass is 710 g/mol. The Bertz CT molecular complexity index is 1510. The van der Waals surface area contributed by atoms with Gasteiger partial charge in [0.15, 0.2) is 0 Å². The molecular weight excluding hydrogens is 664 g/mol. The van der Waals surface area contributed by atoms with Crippen molar-refractivity contribution in [3.8, 4) is 5.75 Å². The van der Waals surface area contributed by atoms with Crippen molar-refractivity contribution in [3.63, 3.8) is 0 Å². The van der Waals surface area contributed by atoms with E-state index in [9.17, 15) is 39.2 Å². The van der Waals surface area contributed by atoms with Crippen LogP contribution in [0, 0.1) is 16.0 Å². The highest BCUT2D eigenvalue weighted by Gasteiger charge is 2.23. The zero-order chi connectivity index (χ0) is 37.3. The molecule has 2 aromatic rings. The summed E-state index contributed by atoms with van der Waals surface area (Å²) in [7, 11) is 0. The van der Waals surface area contributed by atoms with Crippen LogP contribution in [0.3, 0.4) is 0 Å². The Labute approximate surface area is 296 Å². The summed E-state index contributed by atoms with van der Waals surface area (Å²) in [6, 6.07) is 10.8. The van der Waals surface area contributed by atoms with Crippen LogP contribution in [0.4, 0.5) is 16.2 Å². The van der Waals surface area contributed by atoms with Gasteiger partial charge in [-0.15, -0.1) is 0 Å². The molecule has 0 aliphatic carbocycles. The number of anilines is 1. The van der Waals surface area contributed by atoms with Gasteiger partial charge in [-0.05, 0) is 68.5 Å². The third-order valence-corrected chi connectivity index (χ3v) is 7.82. The third kappa shape index (κ3) is 14.7. The zero-order valence-electron chi connectivity index (χ0n) is 29.0. The lowest BCUT2D eigenvalue weighted by molar-refractivity contribution is -0.384. The number of non-ortho nitro benzene ring substituents is 1. The highest BCUT2D eigenvalue weighted by molar-refractivity contribution is 6.12. The molecule has 16 heteroatoms. The summed E-state index contributed by atoms with van der Waals surface area (Å²) in [5.74, 6) is -1.48. The van der Waals surface area contributed by atoms with Crippen molar-refractivity contribution in [1.29, 1.82) is 0 Å². The lowest BCUT2D eigenvalue weighted by Gasteiger charge is -2.25. The van der Waals surface area contributed by atoms with E-state index in [1.54, 1.807) is 24.3 Å². The molecule has 1 aliphatic heterocycles. The molecule has 51 heavy (non-hydrogen) atoms. The van der Waals surface area contributed by atoms with Gasteiger partial charge in [-0.25, -0.2) is 4.79 Å². The Kier molecular flexibility index (Phi) is 16.2. The first kappa shape index (κ1) is 40.2. The number of carboxylic acid groups (broad SMARTS) is 1. The van der Waals surface area contributed by atoms with E-state index in [0.717, 1.165) is 6.42 Å². The fourth-order valence-electron chi connectivity index (χ4n) is 5.15. The third-order valence-electron chi connectivity index (χ3n) is 7.82. The molecule has 1 aliphatic rings. The lowest BCUT2D eigenvalue weighted by Crippen LogP contribution is -2.49. The summed E-state index contributed by atoms with van der Waals surface area (Å²) in [5.41, 5.74) is 0.922. The van der Waals surface area contributed by atoms with E-state index < -0.39 is 29.0 Å². The number of nitrogens with zero attached hydrogens (tertiary/aromatic N) is 2. The van der Waals surface area contributed by atoms with Crippen LogP contribution in [0.1, 0.15) is 52.0 Å². The maximum absolute atomic E-state index is 13.2. The SMILES string of the molecule is CC(C)C[C@H](CN[C@@H](C)CN[C@@H](CCC(=O)O)C(=O)Nc1ccc(COC(=O)Oc2ccc([N+](=O)[O-])cc2)cc1)NCCCN1C(=O)C=CC1=O. The second-order valence-electron chi connectivity index (χ2n) is 12.6. The minimum absolute atomic E-state index is 0.0566. The van der Waals surface area contributed by atoms with Crippen molar-refractivity contribution in [2.24, 2.45) is 5.92 Å². The van der Waals surface area contributed by atoms with Crippen LogP contribution in [-0.4, -0.2) is 89.1 Å². The fourth-order valence-corrected chi connectivity index (χ4v) is 5.15. The molecule has 2 aromatic carbocycles. The Balaban J connectivity index is 1.44. The summed E-state index contributed by atoms with van der Waals surface area (Å²) >= 11 is 0. The number of aliphatic carboxylic acids is 1. The highest BCUT2D eigenvalue weighted by atomic mass is 16.7. The van der Waals surface area contributed by atoms with E-state index in [1.807, 2.05) is 6.92 Å². The van der Waals surface area contributed by atoms with Gasteiger partial charge in [0.05, 0.1) is 11.0 Å². The molecule has 0 spiro atoms. The van der Waals surface area contributed by atoms with Gasteiger partial charge in [-0.2, -0.15) is 0 Å². The Hall–Kier alpha value is -5.19. The molecule has 0 fully saturated rings. The number of hydrogen-bond acceptors (Lipinski definition) is 12. The van der Waals surface area contributed by atoms with E-state index in [4.69, 9.17) is 9.47 Å². The summed E-state index contributed by atoms with van der Waals surface area (Å²) in [4.78, 5) is 71.4. The van der Waals surface area contributed by atoms with E-state index in [-0.39, 0.29) is 54.8 Å². The molecule has 1 heterocycles. The molecule has 5 N–H and O–H groups in total. The molecule has 0 saturated heterocycles. The minimum atomic E-state index is -1.02. The van der Waals surface area contributed by atoms with Crippen molar-refractivity contribution in [2.75, 3.05) is 31.5 Å². The van der Waals surface area contributed by atoms with Crippen LogP contribution in [0.15, 0.2) is 60.7 Å². The molecule has 276 valence electrons. The van der Waals surface area contributed by atoms with Crippen LogP contribution in [-0.2, 0) is 30.5 Å². The molecule has 0 aromatic heterocycles.